The molecular weight excluding hydrogens is 358 g/mol. The van der Waals surface area contributed by atoms with E-state index in [0.29, 0.717) is 6.54 Å². The van der Waals surface area contributed by atoms with E-state index in [-0.39, 0.29) is 0 Å². The maximum Gasteiger partial charge on any atom is 0.164 e. The number of hydrogen-bond acceptors (Lipinski definition) is 3. The molecule has 0 aliphatic carbocycles. The maximum absolute atomic E-state index is 9.03. The van der Waals surface area contributed by atoms with Gasteiger partial charge in [-0.1, -0.05) is 136 Å². The minimum Gasteiger partial charge on any atom is -0.367 e. The fourth-order valence-corrected chi connectivity index (χ4v) is 4.20. The second-order valence-electron chi connectivity index (χ2n) is 9.09. The van der Waals surface area contributed by atoms with E-state index < -0.39 is 6.29 Å². The number of hydrogen-bond donors (Lipinski definition) is 2. The molecule has 0 aliphatic heterocycles. The Morgan fingerprint density at radius 2 is 0.793 bits per heavy atom. The van der Waals surface area contributed by atoms with Gasteiger partial charge in [0.2, 0.25) is 0 Å². The Hall–Kier alpha value is -0.120. The zero-order valence-corrected chi connectivity index (χ0v) is 20.2. The minimum absolute atomic E-state index is 0.385. The summed E-state index contributed by atoms with van der Waals surface area (Å²) in [5.74, 6) is 0. The van der Waals surface area contributed by atoms with Crippen molar-refractivity contribution in [3.8, 4) is 0 Å². The third kappa shape index (κ3) is 24.0. The van der Waals surface area contributed by atoms with E-state index in [0.717, 1.165) is 13.1 Å². The lowest BCUT2D eigenvalue weighted by Crippen LogP contribution is -2.32. The van der Waals surface area contributed by atoms with Crippen molar-refractivity contribution in [2.75, 3.05) is 19.6 Å². The summed E-state index contributed by atoms with van der Waals surface area (Å²) in [5, 5.41) is 18.1. The molecule has 0 aromatic carbocycles. The summed E-state index contributed by atoms with van der Waals surface area (Å²) in [4.78, 5) is 2.12. The van der Waals surface area contributed by atoms with Crippen molar-refractivity contribution < 1.29 is 10.2 Å². The van der Waals surface area contributed by atoms with Crippen molar-refractivity contribution in [2.45, 2.75) is 149 Å². The van der Waals surface area contributed by atoms with E-state index >= 15 is 0 Å². The highest BCUT2D eigenvalue weighted by Gasteiger charge is 2.06. The minimum atomic E-state index is -1.19. The van der Waals surface area contributed by atoms with E-state index in [1.54, 1.807) is 0 Å². The van der Waals surface area contributed by atoms with Crippen LogP contribution in [0.3, 0.4) is 0 Å². The largest absolute Gasteiger partial charge is 0.367 e. The van der Waals surface area contributed by atoms with Crippen LogP contribution in [0.4, 0.5) is 0 Å². The van der Waals surface area contributed by atoms with Crippen molar-refractivity contribution in [1.29, 1.82) is 0 Å². The van der Waals surface area contributed by atoms with Gasteiger partial charge in [-0.3, -0.25) is 4.90 Å². The van der Waals surface area contributed by atoms with E-state index in [2.05, 4.69) is 18.7 Å². The molecule has 0 atom stereocenters. The van der Waals surface area contributed by atoms with Crippen LogP contribution in [0.15, 0.2) is 0 Å². The summed E-state index contributed by atoms with van der Waals surface area (Å²) < 4.78 is 0. The first-order valence-electron chi connectivity index (χ1n) is 13.3. The Balaban J connectivity index is 3.11. The highest BCUT2D eigenvalue weighted by Crippen LogP contribution is 2.14. The molecule has 0 aromatic rings. The van der Waals surface area contributed by atoms with Gasteiger partial charge in [-0.25, -0.2) is 0 Å². The molecule has 0 unspecified atom stereocenters. The molecule has 0 bridgehead atoms. The van der Waals surface area contributed by atoms with Crippen LogP contribution in [-0.4, -0.2) is 41.0 Å². The SMILES string of the molecule is CCCCCCCCCCCCCCCCCCCCCCN(CC)CC(O)O. The molecule has 0 aromatic heterocycles. The smallest absolute Gasteiger partial charge is 0.164 e. The molecule has 0 radical (unpaired) electrons. The van der Waals surface area contributed by atoms with Gasteiger partial charge in [0.05, 0.1) is 0 Å². The number of rotatable bonds is 24. The van der Waals surface area contributed by atoms with Crippen molar-refractivity contribution in [1.82, 2.24) is 4.90 Å². The lowest BCUT2D eigenvalue weighted by atomic mass is 10.0. The van der Waals surface area contributed by atoms with Crippen LogP contribution >= 0.6 is 0 Å². The summed E-state index contributed by atoms with van der Waals surface area (Å²) in [7, 11) is 0. The Morgan fingerprint density at radius 1 is 0.483 bits per heavy atom. The molecule has 3 heteroatoms. The molecule has 0 saturated carbocycles. The molecule has 176 valence electrons. The molecule has 0 spiro atoms. The normalized spacial score (nSPS) is 11.8. The third-order valence-corrected chi connectivity index (χ3v) is 6.20. The van der Waals surface area contributed by atoms with Gasteiger partial charge in [0.15, 0.2) is 6.29 Å². The third-order valence-electron chi connectivity index (χ3n) is 6.20. The van der Waals surface area contributed by atoms with Crippen LogP contribution < -0.4 is 0 Å². The number of nitrogens with zero attached hydrogens (tertiary/aromatic N) is 1. The molecule has 0 fully saturated rings. The standard InChI is InChI=1S/C26H55NO2/c1-3-5-6-7-8-9-10-11-12-13-14-15-16-17-18-19-20-21-22-23-24-27(4-2)25-26(28)29/h26,28-29H,3-25H2,1-2H3. The van der Waals surface area contributed by atoms with Gasteiger partial charge >= 0.3 is 0 Å². The first-order valence-corrected chi connectivity index (χ1v) is 13.3. The van der Waals surface area contributed by atoms with Crippen molar-refractivity contribution in [3.05, 3.63) is 0 Å². The molecule has 29 heavy (non-hydrogen) atoms. The van der Waals surface area contributed by atoms with Crippen LogP contribution in [0.2, 0.25) is 0 Å². The lowest BCUT2D eigenvalue weighted by Gasteiger charge is -2.20. The van der Waals surface area contributed by atoms with Gasteiger partial charge in [0, 0.05) is 6.54 Å². The molecular formula is C26H55NO2. The first-order chi connectivity index (χ1) is 14.2. The molecule has 0 rings (SSSR count). The van der Waals surface area contributed by atoms with E-state index in [1.165, 1.54) is 128 Å². The van der Waals surface area contributed by atoms with Crippen molar-refractivity contribution >= 4 is 0 Å². The fourth-order valence-electron chi connectivity index (χ4n) is 4.20. The van der Waals surface area contributed by atoms with Gasteiger partial charge in [-0.05, 0) is 19.5 Å². The summed E-state index contributed by atoms with van der Waals surface area (Å²) in [6.07, 6.45) is 27.0. The molecule has 0 amide bonds. The highest BCUT2D eigenvalue weighted by atomic mass is 16.5. The first kappa shape index (κ1) is 28.9. The van der Waals surface area contributed by atoms with E-state index in [9.17, 15) is 0 Å². The second-order valence-corrected chi connectivity index (χ2v) is 9.09. The summed E-state index contributed by atoms with van der Waals surface area (Å²) >= 11 is 0. The quantitative estimate of drug-likeness (QED) is 0.128. The van der Waals surface area contributed by atoms with E-state index in [4.69, 9.17) is 10.2 Å². The Labute approximate surface area is 183 Å². The van der Waals surface area contributed by atoms with Crippen LogP contribution in [0.1, 0.15) is 142 Å². The van der Waals surface area contributed by atoms with Gasteiger partial charge < -0.3 is 10.2 Å². The number of unbranched alkanes of at least 4 members (excludes halogenated alkanes) is 19. The molecule has 2 N–H and O–H groups in total. The van der Waals surface area contributed by atoms with Crippen LogP contribution in [0.25, 0.3) is 0 Å². The Morgan fingerprint density at radius 3 is 1.07 bits per heavy atom. The van der Waals surface area contributed by atoms with Gasteiger partial charge in [0.25, 0.3) is 0 Å². The predicted molar refractivity (Wildman–Crippen MR) is 128 cm³/mol. The maximum atomic E-state index is 9.03. The van der Waals surface area contributed by atoms with Crippen molar-refractivity contribution in [2.24, 2.45) is 0 Å². The van der Waals surface area contributed by atoms with Crippen LogP contribution in [0, 0.1) is 0 Å². The van der Waals surface area contributed by atoms with Gasteiger partial charge in [0.1, 0.15) is 0 Å². The molecule has 3 nitrogen and oxygen atoms in total. The zero-order valence-electron chi connectivity index (χ0n) is 20.2. The molecule has 0 aliphatic rings. The predicted octanol–water partition coefficient (Wildman–Crippen LogP) is 7.44. The number of likely N-dealkylation sites (N-methyl/N-ethyl adjacent to an activating group) is 1. The summed E-state index contributed by atoms with van der Waals surface area (Å²) in [5.41, 5.74) is 0. The number of aliphatic hydroxyl groups is 2. The Kier molecular flexibility index (Phi) is 24.1. The highest BCUT2D eigenvalue weighted by molar-refractivity contribution is 4.57. The average molecular weight is 414 g/mol. The zero-order chi connectivity index (χ0) is 21.4. The van der Waals surface area contributed by atoms with Crippen LogP contribution in [0.5, 0.6) is 0 Å². The number of aliphatic hydroxyl groups excluding tert-OH is 1. The topological polar surface area (TPSA) is 43.7 Å². The fraction of sp³-hybridized carbons (Fsp3) is 1.00. The van der Waals surface area contributed by atoms with Crippen molar-refractivity contribution in [3.63, 3.8) is 0 Å². The second kappa shape index (κ2) is 24.2. The van der Waals surface area contributed by atoms with Gasteiger partial charge in [-0.15, -0.1) is 0 Å². The average Bonchev–Trinajstić information content (AvgIpc) is 2.71. The Bertz CT molecular complexity index is 296. The van der Waals surface area contributed by atoms with Gasteiger partial charge in [-0.2, -0.15) is 0 Å². The monoisotopic (exact) mass is 413 g/mol. The molecule has 0 saturated heterocycles. The van der Waals surface area contributed by atoms with Crippen LogP contribution in [-0.2, 0) is 0 Å². The van der Waals surface area contributed by atoms with E-state index in [1.807, 2.05) is 0 Å². The lowest BCUT2D eigenvalue weighted by molar-refractivity contribution is -0.0606. The summed E-state index contributed by atoms with van der Waals surface area (Å²) in [6, 6.07) is 0. The molecule has 0 heterocycles. The summed E-state index contributed by atoms with van der Waals surface area (Å²) in [6.45, 7) is 6.65.